The molecule has 17 heavy (non-hydrogen) atoms. The second kappa shape index (κ2) is 6.55. The third kappa shape index (κ3) is 3.40. The lowest BCUT2D eigenvalue weighted by Gasteiger charge is -2.24. The SMILES string of the molecule is CCCCN(CC)c1c(F)cc(CO)cc1F. The van der Waals surface area contributed by atoms with E-state index in [0.29, 0.717) is 13.1 Å². The van der Waals surface area contributed by atoms with Crippen molar-refractivity contribution in [3.63, 3.8) is 0 Å². The van der Waals surface area contributed by atoms with Crippen LogP contribution >= 0.6 is 0 Å². The van der Waals surface area contributed by atoms with E-state index in [0.717, 1.165) is 12.8 Å². The summed E-state index contributed by atoms with van der Waals surface area (Å²) in [6.07, 6.45) is 1.88. The molecule has 0 spiro atoms. The largest absolute Gasteiger partial charge is 0.392 e. The van der Waals surface area contributed by atoms with Crippen LogP contribution in [0, 0.1) is 11.6 Å². The van der Waals surface area contributed by atoms with Gasteiger partial charge in [0, 0.05) is 13.1 Å². The lowest BCUT2D eigenvalue weighted by molar-refractivity contribution is 0.280. The Kier molecular flexibility index (Phi) is 5.35. The number of unbranched alkanes of at least 4 members (excludes halogenated alkanes) is 1. The maximum absolute atomic E-state index is 13.8. The predicted octanol–water partition coefficient (Wildman–Crippen LogP) is 3.08. The van der Waals surface area contributed by atoms with Crippen molar-refractivity contribution in [2.24, 2.45) is 0 Å². The summed E-state index contributed by atoms with van der Waals surface area (Å²) >= 11 is 0. The van der Waals surface area contributed by atoms with Crippen molar-refractivity contribution in [2.45, 2.75) is 33.3 Å². The van der Waals surface area contributed by atoms with Crippen molar-refractivity contribution in [1.29, 1.82) is 0 Å². The molecule has 0 aliphatic carbocycles. The van der Waals surface area contributed by atoms with Crippen molar-refractivity contribution in [3.05, 3.63) is 29.3 Å². The highest BCUT2D eigenvalue weighted by molar-refractivity contribution is 5.50. The first kappa shape index (κ1) is 13.9. The summed E-state index contributed by atoms with van der Waals surface area (Å²) in [4.78, 5) is 1.69. The molecule has 0 aliphatic rings. The number of hydrogen-bond acceptors (Lipinski definition) is 2. The monoisotopic (exact) mass is 243 g/mol. The normalized spacial score (nSPS) is 10.6. The molecular formula is C13H19F2NO. The zero-order valence-corrected chi connectivity index (χ0v) is 10.3. The highest BCUT2D eigenvalue weighted by Crippen LogP contribution is 2.25. The van der Waals surface area contributed by atoms with Gasteiger partial charge in [0.25, 0.3) is 0 Å². The highest BCUT2D eigenvalue weighted by atomic mass is 19.1. The lowest BCUT2D eigenvalue weighted by Crippen LogP contribution is -2.26. The first-order chi connectivity index (χ1) is 8.13. The fraction of sp³-hybridized carbons (Fsp3) is 0.538. The van der Waals surface area contributed by atoms with Crippen LogP contribution in [0.15, 0.2) is 12.1 Å². The molecule has 0 heterocycles. The number of rotatable bonds is 6. The molecule has 1 rings (SSSR count). The highest BCUT2D eigenvalue weighted by Gasteiger charge is 2.16. The molecule has 0 atom stereocenters. The molecule has 0 radical (unpaired) electrons. The van der Waals surface area contributed by atoms with E-state index in [4.69, 9.17) is 5.11 Å². The summed E-state index contributed by atoms with van der Waals surface area (Å²) in [5.74, 6) is -1.21. The van der Waals surface area contributed by atoms with Gasteiger partial charge in [0.05, 0.1) is 6.61 Å². The van der Waals surface area contributed by atoms with Crippen molar-refractivity contribution < 1.29 is 13.9 Å². The van der Waals surface area contributed by atoms with Crippen LogP contribution in [0.25, 0.3) is 0 Å². The molecule has 96 valence electrons. The number of benzene rings is 1. The van der Waals surface area contributed by atoms with Crippen molar-refractivity contribution in [2.75, 3.05) is 18.0 Å². The summed E-state index contributed by atoms with van der Waals surface area (Å²) in [6, 6.07) is 2.38. The van der Waals surface area contributed by atoms with Crippen LogP contribution in [0.3, 0.4) is 0 Å². The van der Waals surface area contributed by atoms with Gasteiger partial charge < -0.3 is 10.0 Å². The number of nitrogens with zero attached hydrogens (tertiary/aromatic N) is 1. The molecule has 0 saturated carbocycles. The molecule has 1 aromatic rings. The van der Waals surface area contributed by atoms with E-state index in [1.54, 1.807) is 4.90 Å². The van der Waals surface area contributed by atoms with Gasteiger partial charge in [0.2, 0.25) is 0 Å². The molecule has 1 aromatic carbocycles. The minimum absolute atomic E-state index is 0.0122. The molecule has 0 aliphatic heterocycles. The second-order valence-corrected chi connectivity index (χ2v) is 4.00. The predicted molar refractivity (Wildman–Crippen MR) is 65.1 cm³/mol. The minimum atomic E-state index is -0.605. The quantitative estimate of drug-likeness (QED) is 0.830. The summed E-state index contributed by atoms with van der Waals surface area (Å²) < 4.78 is 27.5. The van der Waals surface area contributed by atoms with Gasteiger partial charge in [0.15, 0.2) is 0 Å². The Morgan fingerprint density at radius 3 is 2.18 bits per heavy atom. The van der Waals surface area contributed by atoms with Crippen molar-refractivity contribution in [3.8, 4) is 0 Å². The van der Waals surface area contributed by atoms with Crippen molar-refractivity contribution >= 4 is 5.69 Å². The van der Waals surface area contributed by atoms with Crippen LogP contribution in [0.1, 0.15) is 32.3 Å². The Bertz CT molecular complexity index is 345. The molecular weight excluding hydrogens is 224 g/mol. The summed E-state index contributed by atoms with van der Waals surface area (Å²) in [5.41, 5.74) is 0.272. The maximum atomic E-state index is 13.8. The molecule has 0 fully saturated rings. The molecule has 2 nitrogen and oxygen atoms in total. The fourth-order valence-corrected chi connectivity index (χ4v) is 1.79. The summed E-state index contributed by atoms with van der Waals surface area (Å²) in [6.45, 7) is 4.75. The van der Waals surface area contributed by atoms with Gasteiger partial charge in [-0.2, -0.15) is 0 Å². The number of anilines is 1. The van der Waals surface area contributed by atoms with E-state index in [-0.39, 0.29) is 17.9 Å². The molecule has 0 amide bonds. The Labute approximate surface area is 101 Å². The number of hydrogen-bond donors (Lipinski definition) is 1. The number of halogens is 2. The van der Waals surface area contributed by atoms with E-state index in [2.05, 4.69) is 0 Å². The van der Waals surface area contributed by atoms with E-state index in [1.807, 2.05) is 13.8 Å². The Hall–Kier alpha value is -1.16. The number of aliphatic hydroxyl groups excluding tert-OH is 1. The Morgan fingerprint density at radius 1 is 1.18 bits per heavy atom. The van der Waals surface area contributed by atoms with Crippen LogP contribution in [-0.4, -0.2) is 18.2 Å². The van der Waals surface area contributed by atoms with Gasteiger partial charge in [0.1, 0.15) is 17.3 Å². The van der Waals surface area contributed by atoms with Gasteiger partial charge in [-0.1, -0.05) is 13.3 Å². The van der Waals surface area contributed by atoms with Crippen LogP contribution in [-0.2, 0) is 6.61 Å². The Morgan fingerprint density at radius 2 is 1.76 bits per heavy atom. The second-order valence-electron chi connectivity index (χ2n) is 4.00. The standard InChI is InChI=1S/C13H19F2NO/c1-3-5-6-16(4-2)13-11(14)7-10(9-17)8-12(13)15/h7-8,17H,3-6,9H2,1-2H3. The van der Waals surface area contributed by atoms with Gasteiger partial charge in [-0.15, -0.1) is 0 Å². The van der Waals surface area contributed by atoms with Gasteiger partial charge >= 0.3 is 0 Å². The number of aliphatic hydroxyl groups is 1. The van der Waals surface area contributed by atoms with Gasteiger partial charge in [-0.3, -0.25) is 0 Å². The van der Waals surface area contributed by atoms with Gasteiger partial charge in [-0.25, -0.2) is 8.78 Å². The summed E-state index contributed by atoms with van der Waals surface area (Å²) in [7, 11) is 0. The van der Waals surface area contributed by atoms with E-state index in [9.17, 15) is 8.78 Å². The molecule has 0 bridgehead atoms. The third-order valence-corrected chi connectivity index (χ3v) is 2.74. The van der Waals surface area contributed by atoms with E-state index in [1.165, 1.54) is 12.1 Å². The topological polar surface area (TPSA) is 23.5 Å². The Balaban J connectivity index is 3.02. The van der Waals surface area contributed by atoms with Crippen LogP contribution < -0.4 is 4.90 Å². The smallest absolute Gasteiger partial charge is 0.149 e. The first-order valence-electron chi connectivity index (χ1n) is 5.97. The first-order valence-corrected chi connectivity index (χ1v) is 5.97. The fourth-order valence-electron chi connectivity index (χ4n) is 1.79. The molecule has 0 saturated heterocycles. The maximum Gasteiger partial charge on any atom is 0.149 e. The van der Waals surface area contributed by atoms with E-state index >= 15 is 0 Å². The van der Waals surface area contributed by atoms with Crippen LogP contribution in [0.5, 0.6) is 0 Å². The van der Waals surface area contributed by atoms with Crippen LogP contribution in [0.4, 0.5) is 14.5 Å². The molecule has 4 heteroatoms. The average Bonchev–Trinajstić information content (AvgIpc) is 2.32. The zero-order valence-electron chi connectivity index (χ0n) is 10.3. The van der Waals surface area contributed by atoms with Crippen LogP contribution in [0.2, 0.25) is 0 Å². The summed E-state index contributed by atoms with van der Waals surface area (Å²) in [5, 5.41) is 8.87. The minimum Gasteiger partial charge on any atom is -0.392 e. The molecule has 0 unspecified atom stereocenters. The van der Waals surface area contributed by atoms with Gasteiger partial charge in [-0.05, 0) is 31.0 Å². The molecule has 1 N–H and O–H groups in total. The average molecular weight is 243 g/mol. The van der Waals surface area contributed by atoms with E-state index < -0.39 is 11.6 Å². The molecule has 0 aromatic heterocycles. The zero-order chi connectivity index (χ0) is 12.8. The third-order valence-electron chi connectivity index (χ3n) is 2.74. The lowest BCUT2D eigenvalue weighted by atomic mass is 10.1. The van der Waals surface area contributed by atoms with Crippen molar-refractivity contribution in [1.82, 2.24) is 0 Å².